The summed E-state index contributed by atoms with van der Waals surface area (Å²) in [6.07, 6.45) is 0. The van der Waals surface area contributed by atoms with Crippen LogP contribution >= 0.6 is 22.9 Å². The summed E-state index contributed by atoms with van der Waals surface area (Å²) in [5.74, 6) is -0.222. The highest BCUT2D eigenvalue weighted by atomic mass is 35.5. The van der Waals surface area contributed by atoms with Crippen LogP contribution in [0.25, 0.3) is 10.2 Å². The topological polar surface area (TPSA) is 53.5 Å². The lowest BCUT2D eigenvalue weighted by Gasteiger charge is -2.24. The number of halogens is 1. The van der Waals surface area contributed by atoms with E-state index in [0.29, 0.717) is 38.9 Å². The molecule has 3 aromatic carbocycles. The van der Waals surface area contributed by atoms with E-state index in [1.54, 1.807) is 47.4 Å². The molecule has 0 spiro atoms. The molecule has 0 saturated carbocycles. The van der Waals surface area contributed by atoms with Crippen molar-refractivity contribution in [2.24, 2.45) is 0 Å². The van der Waals surface area contributed by atoms with Crippen molar-refractivity contribution in [1.29, 1.82) is 0 Å². The Morgan fingerprint density at radius 3 is 2.12 bits per heavy atom. The van der Waals surface area contributed by atoms with Crippen LogP contribution in [0.2, 0.25) is 5.02 Å². The van der Waals surface area contributed by atoms with E-state index in [4.69, 9.17) is 16.6 Å². The molecule has 0 unspecified atom stereocenters. The maximum Gasteiger partial charge on any atom is 0.260 e. The third kappa shape index (κ3) is 5.20. The zero-order valence-corrected chi connectivity index (χ0v) is 20.8. The fourth-order valence-corrected chi connectivity index (χ4v) is 5.05. The van der Waals surface area contributed by atoms with E-state index in [1.165, 1.54) is 11.3 Å². The quantitative estimate of drug-likeness (QED) is 0.263. The van der Waals surface area contributed by atoms with Gasteiger partial charge in [-0.1, -0.05) is 85.3 Å². The molecule has 0 atom stereocenters. The second kappa shape index (κ2) is 10.9. The third-order valence-electron chi connectivity index (χ3n) is 5.80. The summed E-state index contributed by atoms with van der Waals surface area (Å²) >= 11 is 7.79. The monoisotopic (exact) mass is 491 g/mol. The molecule has 7 heteroatoms. The van der Waals surface area contributed by atoms with Crippen molar-refractivity contribution in [2.75, 3.05) is 31.1 Å². The number of fused-ring (bicyclic) bond motifs is 1. The Kier molecular flexibility index (Phi) is 7.73. The minimum atomic E-state index is -0.152. The van der Waals surface area contributed by atoms with Crippen LogP contribution in [-0.2, 0) is 0 Å². The highest BCUT2D eigenvalue weighted by molar-refractivity contribution is 7.22. The molecule has 5 nitrogen and oxygen atoms in total. The molecule has 1 heterocycles. The van der Waals surface area contributed by atoms with Crippen molar-refractivity contribution in [3.8, 4) is 0 Å². The van der Waals surface area contributed by atoms with Crippen LogP contribution in [0.3, 0.4) is 0 Å². The first-order chi connectivity index (χ1) is 16.5. The number of anilines is 1. The normalized spacial score (nSPS) is 11.2. The molecule has 0 aliphatic rings. The number of nitrogens with zero attached hydrogens (tertiary/aromatic N) is 3. The molecule has 1 aromatic heterocycles. The minimum absolute atomic E-state index is 0.0706. The van der Waals surface area contributed by atoms with Gasteiger partial charge in [-0.3, -0.25) is 14.5 Å². The number of carbonyl (C=O) groups excluding carboxylic acids is 2. The van der Waals surface area contributed by atoms with E-state index in [1.807, 2.05) is 30.3 Å². The number of para-hydroxylation sites is 1. The Hall–Kier alpha value is -3.06. The molecule has 1 amide bonds. The maximum absolute atomic E-state index is 13.6. The Morgan fingerprint density at radius 1 is 0.824 bits per heavy atom. The first-order valence-corrected chi connectivity index (χ1v) is 12.5. The van der Waals surface area contributed by atoms with E-state index in [0.717, 1.165) is 24.3 Å². The number of carbonyl (C=O) groups is 2. The van der Waals surface area contributed by atoms with Gasteiger partial charge in [-0.05, 0) is 37.4 Å². The highest BCUT2D eigenvalue weighted by Gasteiger charge is 2.23. The van der Waals surface area contributed by atoms with Crippen LogP contribution in [0.5, 0.6) is 0 Å². The van der Waals surface area contributed by atoms with Gasteiger partial charge in [0.15, 0.2) is 10.9 Å². The van der Waals surface area contributed by atoms with Gasteiger partial charge in [0.05, 0.1) is 9.72 Å². The second-order valence-corrected chi connectivity index (χ2v) is 9.26. The minimum Gasteiger partial charge on any atom is -0.302 e. The second-order valence-electron chi connectivity index (χ2n) is 7.84. The molecule has 34 heavy (non-hydrogen) atoms. The third-order valence-corrected chi connectivity index (χ3v) is 7.15. The van der Waals surface area contributed by atoms with Gasteiger partial charge in [0.25, 0.3) is 5.91 Å². The molecule has 0 radical (unpaired) electrons. The molecular weight excluding hydrogens is 466 g/mol. The van der Waals surface area contributed by atoms with Crippen molar-refractivity contribution in [3.05, 3.63) is 94.5 Å². The van der Waals surface area contributed by atoms with Crippen LogP contribution in [0.15, 0.2) is 72.8 Å². The van der Waals surface area contributed by atoms with E-state index in [2.05, 4.69) is 18.7 Å². The fraction of sp³-hybridized carbons (Fsp3) is 0.222. The summed E-state index contributed by atoms with van der Waals surface area (Å²) < 4.78 is 0.937. The molecule has 0 saturated heterocycles. The number of ketones is 1. The summed E-state index contributed by atoms with van der Waals surface area (Å²) in [5.41, 5.74) is 2.38. The zero-order chi connectivity index (χ0) is 24.1. The van der Waals surface area contributed by atoms with Crippen LogP contribution in [0, 0.1) is 0 Å². The van der Waals surface area contributed by atoms with Gasteiger partial charge >= 0.3 is 0 Å². The number of aromatic nitrogens is 1. The van der Waals surface area contributed by atoms with E-state index < -0.39 is 0 Å². The average Bonchev–Trinajstić information content (AvgIpc) is 3.32. The number of thiazole rings is 1. The fourth-order valence-electron chi connectivity index (χ4n) is 3.76. The van der Waals surface area contributed by atoms with Gasteiger partial charge in [0.2, 0.25) is 0 Å². The highest BCUT2D eigenvalue weighted by Crippen LogP contribution is 2.33. The summed E-state index contributed by atoms with van der Waals surface area (Å²) in [5, 5.41) is 1.18. The van der Waals surface area contributed by atoms with Gasteiger partial charge < -0.3 is 4.90 Å². The van der Waals surface area contributed by atoms with Crippen LogP contribution in [0.4, 0.5) is 5.13 Å². The van der Waals surface area contributed by atoms with Crippen molar-refractivity contribution in [3.63, 3.8) is 0 Å². The molecule has 4 rings (SSSR count). The van der Waals surface area contributed by atoms with Crippen molar-refractivity contribution >= 4 is 50.0 Å². The van der Waals surface area contributed by atoms with Gasteiger partial charge in [0.1, 0.15) is 5.52 Å². The summed E-state index contributed by atoms with van der Waals surface area (Å²) in [7, 11) is 0. The largest absolute Gasteiger partial charge is 0.302 e. The molecule has 0 N–H and O–H groups in total. The summed E-state index contributed by atoms with van der Waals surface area (Å²) in [6, 6.07) is 21.6. The molecular formula is C27H26ClN3O2S. The lowest BCUT2D eigenvalue weighted by Crippen LogP contribution is -2.38. The SMILES string of the molecule is CCN(CC)CCN(C(=O)c1ccc(C(=O)c2ccccc2)cc1)c1nc2c(Cl)cccc2s1. The molecule has 0 fully saturated rings. The predicted molar refractivity (Wildman–Crippen MR) is 140 cm³/mol. The average molecular weight is 492 g/mol. The number of hydrogen-bond donors (Lipinski definition) is 0. The van der Waals surface area contributed by atoms with E-state index in [9.17, 15) is 9.59 Å². The van der Waals surface area contributed by atoms with Crippen LogP contribution in [-0.4, -0.2) is 47.8 Å². The number of benzene rings is 3. The first-order valence-electron chi connectivity index (χ1n) is 11.3. The standard InChI is InChI=1S/C27H26ClN3O2S/c1-3-30(4-2)17-18-31(27-29-24-22(28)11-8-12-23(24)34-27)26(33)21-15-13-20(14-16-21)25(32)19-9-6-5-7-10-19/h5-16H,3-4,17-18H2,1-2H3. The van der Waals surface area contributed by atoms with Crippen LogP contribution < -0.4 is 4.90 Å². The van der Waals surface area contributed by atoms with Crippen molar-refractivity contribution in [2.45, 2.75) is 13.8 Å². The smallest absolute Gasteiger partial charge is 0.260 e. The molecule has 0 bridgehead atoms. The Bertz CT molecular complexity index is 1280. The van der Waals surface area contributed by atoms with Crippen LogP contribution in [0.1, 0.15) is 40.1 Å². The number of hydrogen-bond acceptors (Lipinski definition) is 5. The van der Waals surface area contributed by atoms with Gasteiger partial charge in [-0.25, -0.2) is 4.98 Å². The molecule has 0 aliphatic carbocycles. The van der Waals surface area contributed by atoms with E-state index >= 15 is 0 Å². The summed E-state index contributed by atoms with van der Waals surface area (Å²) in [4.78, 5) is 35.0. The van der Waals surface area contributed by atoms with Crippen molar-refractivity contribution < 1.29 is 9.59 Å². The number of likely N-dealkylation sites (N-methyl/N-ethyl adjacent to an activating group) is 1. The molecule has 4 aromatic rings. The Labute approximate surface area is 208 Å². The van der Waals surface area contributed by atoms with Gasteiger partial charge in [-0.2, -0.15) is 0 Å². The van der Waals surface area contributed by atoms with Crippen molar-refractivity contribution in [1.82, 2.24) is 9.88 Å². The Morgan fingerprint density at radius 2 is 1.47 bits per heavy atom. The number of amides is 1. The Balaban J connectivity index is 1.63. The number of rotatable bonds is 9. The zero-order valence-electron chi connectivity index (χ0n) is 19.2. The molecule has 0 aliphatic heterocycles. The lowest BCUT2D eigenvalue weighted by atomic mass is 10.0. The molecule has 174 valence electrons. The first kappa shape index (κ1) is 24.1. The lowest BCUT2D eigenvalue weighted by molar-refractivity contribution is 0.0981. The van der Waals surface area contributed by atoms with Gasteiger partial charge in [0, 0.05) is 29.8 Å². The predicted octanol–water partition coefficient (Wildman–Crippen LogP) is 6.17. The van der Waals surface area contributed by atoms with E-state index in [-0.39, 0.29) is 11.7 Å². The van der Waals surface area contributed by atoms with Gasteiger partial charge in [-0.15, -0.1) is 0 Å². The maximum atomic E-state index is 13.6. The summed E-state index contributed by atoms with van der Waals surface area (Å²) in [6.45, 7) is 7.25.